The molecule has 130 valence electrons. The largest absolute Gasteiger partial charge is 0.482 e. The average Bonchev–Trinajstić information content (AvgIpc) is 2.59. The van der Waals surface area contributed by atoms with Crippen LogP contribution in [0.5, 0.6) is 5.75 Å². The van der Waals surface area contributed by atoms with Gasteiger partial charge < -0.3 is 14.4 Å². The van der Waals surface area contributed by atoms with Crippen LogP contribution in [-0.4, -0.2) is 59.5 Å². The number of carbonyl (C=O) groups is 2. The number of amides is 1. The number of halogens is 1. The normalized spacial score (nSPS) is 17.2. The van der Waals surface area contributed by atoms with Crippen molar-refractivity contribution in [2.75, 3.05) is 32.6 Å². The van der Waals surface area contributed by atoms with E-state index in [1.165, 1.54) is 35.9 Å². The van der Waals surface area contributed by atoms with E-state index in [0.717, 1.165) is 6.07 Å². The molecule has 0 N–H and O–H groups in total. The highest BCUT2D eigenvalue weighted by Gasteiger charge is 2.29. The lowest BCUT2D eigenvalue weighted by Gasteiger charge is -2.30. The van der Waals surface area contributed by atoms with E-state index in [1.807, 2.05) is 0 Å². The topological polar surface area (TPSA) is 99.0 Å². The van der Waals surface area contributed by atoms with E-state index in [-0.39, 0.29) is 41.5 Å². The Balaban J connectivity index is 1.93. The summed E-state index contributed by atoms with van der Waals surface area (Å²) in [5.74, 6) is 0.158. The van der Waals surface area contributed by atoms with Gasteiger partial charge in [-0.25, -0.2) is 0 Å². The van der Waals surface area contributed by atoms with Crippen molar-refractivity contribution < 1.29 is 24.0 Å². The molecule has 1 atom stereocenters. The molecule has 0 radical (unpaired) electrons. The maximum atomic E-state index is 12.2. The first kappa shape index (κ1) is 18.3. The highest BCUT2D eigenvalue weighted by molar-refractivity contribution is 8.00. The van der Waals surface area contributed by atoms with Crippen LogP contribution >= 0.6 is 23.4 Å². The maximum absolute atomic E-state index is 12.2. The number of hydrogen-bond donors (Lipinski definition) is 0. The van der Waals surface area contributed by atoms with Gasteiger partial charge in [-0.15, -0.1) is 11.8 Å². The minimum absolute atomic E-state index is 0.0543. The van der Waals surface area contributed by atoms with Crippen LogP contribution < -0.4 is 4.74 Å². The second kappa shape index (κ2) is 8.20. The summed E-state index contributed by atoms with van der Waals surface area (Å²) < 4.78 is 10.0. The number of ether oxygens (including phenoxy) is 2. The first-order valence-corrected chi connectivity index (χ1v) is 8.39. The predicted molar refractivity (Wildman–Crippen MR) is 88.4 cm³/mol. The van der Waals surface area contributed by atoms with Crippen molar-refractivity contribution in [1.29, 1.82) is 0 Å². The van der Waals surface area contributed by atoms with Gasteiger partial charge in [0.1, 0.15) is 11.0 Å². The van der Waals surface area contributed by atoms with Crippen molar-refractivity contribution in [3.63, 3.8) is 0 Å². The molecule has 1 aromatic rings. The van der Waals surface area contributed by atoms with Gasteiger partial charge >= 0.3 is 5.97 Å². The number of thioether (sulfide) groups is 1. The Hall–Kier alpha value is -2.00. The Kier molecular flexibility index (Phi) is 6.27. The number of hydrogen-bond acceptors (Lipinski definition) is 7. The zero-order chi connectivity index (χ0) is 17.7. The van der Waals surface area contributed by atoms with Crippen LogP contribution in [0.25, 0.3) is 0 Å². The van der Waals surface area contributed by atoms with Gasteiger partial charge in [0.25, 0.3) is 11.6 Å². The summed E-state index contributed by atoms with van der Waals surface area (Å²) in [6.07, 6.45) is 0. The standard InChI is InChI=1S/C14H15ClN2O6S/c1-22-14(19)12-7-16(4-5-24-12)13(18)8-23-11-3-2-9(17(20)21)6-10(11)15/h2-3,6,12H,4-5,7-8H2,1H3/t12-/m1/s1. The summed E-state index contributed by atoms with van der Waals surface area (Å²) in [6, 6.07) is 3.75. The molecular formula is C14H15ClN2O6S. The molecule has 24 heavy (non-hydrogen) atoms. The van der Waals surface area contributed by atoms with E-state index in [4.69, 9.17) is 21.1 Å². The molecule has 0 saturated carbocycles. The molecule has 1 amide bonds. The molecule has 1 fully saturated rings. The van der Waals surface area contributed by atoms with E-state index in [9.17, 15) is 19.7 Å². The molecular weight excluding hydrogens is 360 g/mol. The third-order valence-electron chi connectivity index (χ3n) is 3.36. The predicted octanol–water partition coefficient (Wildman–Crippen LogP) is 1.74. The van der Waals surface area contributed by atoms with Crippen LogP contribution in [0.15, 0.2) is 18.2 Å². The molecule has 1 saturated heterocycles. The van der Waals surface area contributed by atoms with Gasteiger partial charge in [0, 0.05) is 31.0 Å². The van der Waals surface area contributed by atoms with Crippen molar-refractivity contribution in [3.05, 3.63) is 33.3 Å². The molecule has 10 heteroatoms. The summed E-state index contributed by atoms with van der Waals surface area (Å²) in [7, 11) is 1.31. The minimum atomic E-state index is -0.570. The number of carbonyl (C=O) groups excluding carboxylic acids is 2. The Morgan fingerprint density at radius 1 is 1.50 bits per heavy atom. The second-order valence-electron chi connectivity index (χ2n) is 4.88. The number of methoxy groups -OCH3 is 1. The zero-order valence-electron chi connectivity index (χ0n) is 12.8. The number of non-ortho nitro benzene ring substituents is 1. The zero-order valence-corrected chi connectivity index (χ0v) is 14.3. The van der Waals surface area contributed by atoms with Gasteiger partial charge in [-0.1, -0.05) is 11.6 Å². The van der Waals surface area contributed by atoms with Crippen LogP contribution in [0.4, 0.5) is 5.69 Å². The van der Waals surface area contributed by atoms with Crippen LogP contribution in [0.3, 0.4) is 0 Å². The molecule has 1 aromatic carbocycles. The summed E-state index contributed by atoms with van der Waals surface area (Å²) in [5.41, 5.74) is -0.160. The van der Waals surface area contributed by atoms with Crippen molar-refractivity contribution >= 4 is 40.9 Å². The molecule has 0 spiro atoms. The summed E-state index contributed by atoms with van der Waals surface area (Å²) in [4.78, 5) is 35.4. The van der Waals surface area contributed by atoms with Crippen molar-refractivity contribution in [3.8, 4) is 5.75 Å². The molecule has 1 aliphatic rings. The maximum Gasteiger partial charge on any atom is 0.320 e. The Labute approximate surface area is 147 Å². The van der Waals surface area contributed by atoms with E-state index in [0.29, 0.717) is 12.3 Å². The molecule has 2 rings (SSSR count). The van der Waals surface area contributed by atoms with Crippen LogP contribution in [0.1, 0.15) is 0 Å². The van der Waals surface area contributed by atoms with Gasteiger partial charge in [-0.2, -0.15) is 0 Å². The Morgan fingerprint density at radius 3 is 2.88 bits per heavy atom. The van der Waals surface area contributed by atoms with E-state index < -0.39 is 10.2 Å². The van der Waals surface area contributed by atoms with Gasteiger partial charge in [-0.3, -0.25) is 19.7 Å². The minimum Gasteiger partial charge on any atom is -0.482 e. The lowest BCUT2D eigenvalue weighted by atomic mass is 10.3. The van der Waals surface area contributed by atoms with Gasteiger partial charge in [0.05, 0.1) is 17.1 Å². The molecule has 0 aromatic heterocycles. The van der Waals surface area contributed by atoms with Gasteiger partial charge in [-0.05, 0) is 6.07 Å². The van der Waals surface area contributed by atoms with E-state index in [1.54, 1.807) is 0 Å². The number of rotatable bonds is 5. The Morgan fingerprint density at radius 2 is 2.25 bits per heavy atom. The first-order chi connectivity index (χ1) is 11.4. The third kappa shape index (κ3) is 4.51. The Bertz CT molecular complexity index is 656. The highest BCUT2D eigenvalue weighted by Crippen LogP contribution is 2.28. The van der Waals surface area contributed by atoms with Crippen molar-refractivity contribution in [2.45, 2.75) is 5.25 Å². The number of benzene rings is 1. The molecule has 8 nitrogen and oxygen atoms in total. The monoisotopic (exact) mass is 374 g/mol. The summed E-state index contributed by atoms with van der Waals surface area (Å²) >= 11 is 7.35. The lowest BCUT2D eigenvalue weighted by Crippen LogP contribution is -2.46. The quantitative estimate of drug-likeness (QED) is 0.439. The SMILES string of the molecule is COC(=O)[C@H]1CN(C(=O)COc2ccc([N+](=O)[O-])cc2Cl)CCS1. The summed E-state index contributed by atoms with van der Waals surface area (Å²) in [5, 5.41) is 10.3. The third-order valence-corrected chi connectivity index (χ3v) is 4.82. The number of nitro groups is 1. The fraction of sp³-hybridized carbons (Fsp3) is 0.429. The van der Waals surface area contributed by atoms with Gasteiger partial charge in [0.15, 0.2) is 6.61 Å². The fourth-order valence-corrected chi connectivity index (χ4v) is 3.46. The van der Waals surface area contributed by atoms with Crippen LogP contribution in [-0.2, 0) is 14.3 Å². The van der Waals surface area contributed by atoms with E-state index >= 15 is 0 Å². The smallest absolute Gasteiger partial charge is 0.320 e. The summed E-state index contributed by atoms with van der Waals surface area (Å²) in [6.45, 7) is 0.498. The average molecular weight is 375 g/mol. The molecule has 0 unspecified atom stereocenters. The second-order valence-corrected chi connectivity index (χ2v) is 6.60. The highest BCUT2D eigenvalue weighted by atomic mass is 35.5. The van der Waals surface area contributed by atoms with Crippen molar-refractivity contribution in [1.82, 2.24) is 4.90 Å². The van der Waals surface area contributed by atoms with Crippen molar-refractivity contribution in [2.24, 2.45) is 0 Å². The number of nitrogens with zero attached hydrogens (tertiary/aromatic N) is 2. The first-order valence-electron chi connectivity index (χ1n) is 6.96. The molecule has 0 bridgehead atoms. The molecule has 1 aliphatic heterocycles. The van der Waals surface area contributed by atoms with E-state index in [2.05, 4.69) is 0 Å². The number of esters is 1. The van der Waals surface area contributed by atoms with Crippen LogP contribution in [0, 0.1) is 10.1 Å². The lowest BCUT2D eigenvalue weighted by molar-refractivity contribution is -0.384. The number of nitro benzene ring substituents is 1. The van der Waals surface area contributed by atoms with Crippen LogP contribution in [0.2, 0.25) is 5.02 Å². The molecule has 1 heterocycles. The fourth-order valence-electron chi connectivity index (χ4n) is 2.10. The van der Waals surface area contributed by atoms with Gasteiger partial charge in [0.2, 0.25) is 0 Å². The molecule has 0 aliphatic carbocycles.